The number of carbonyl (C=O) groups excluding carboxylic acids is 3. The van der Waals surface area contributed by atoms with Crippen LogP contribution in [-0.2, 0) is 16.6 Å². The van der Waals surface area contributed by atoms with Crippen LogP contribution in [0.3, 0.4) is 0 Å². The summed E-state index contributed by atoms with van der Waals surface area (Å²) < 4.78 is 5.05. The van der Waals surface area contributed by atoms with Crippen LogP contribution in [0.1, 0.15) is 0 Å². The standard InChI is InChI=1S/C7H6N4O6/c1-8-3(12)4(13)10(5(8)14)11-6(15)9(2)17-7(11)16/h1-2H3. The van der Waals surface area contributed by atoms with Crippen molar-refractivity contribution in [3.8, 4) is 0 Å². The van der Waals surface area contributed by atoms with Crippen LogP contribution < -0.4 is 16.5 Å². The van der Waals surface area contributed by atoms with Crippen molar-refractivity contribution in [3.63, 3.8) is 0 Å². The van der Waals surface area contributed by atoms with Gasteiger partial charge in [0, 0.05) is 7.05 Å². The first-order valence-corrected chi connectivity index (χ1v) is 4.32. The van der Waals surface area contributed by atoms with Gasteiger partial charge in [0.1, 0.15) is 0 Å². The van der Waals surface area contributed by atoms with Crippen LogP contribution in [0.5, 0.6) is 0 Å². The summed E-state index contributed by atoms with van der Waals surface area (Å²) in [5.74, 6) is -3.66. The van der Waals surface area contributed by atoms with E-state index in [1.54, 1.807) is 0 Å². The molecule has 4 amide bonds. The summed E-state index contributed by atoms with van der Waals surface area (Å²) in [4.78, 5) is 57.3. The first-order valence-electron chi connectivity index (χ1n) is 4.32. The summed E-state index contributed by atoms with van der Waals surface area (Å²) in [7, 11) is 2.18. The first-order chi connectivity index (χ1) is 7.86. The zero-order valence-corrected chi connectivity index (χ0v) is 8.74. The molecule has 2 rings (SSSR count). The molecule has 0 spiro atoms. The van der Waals surface area contributed by atoms with E-state index in [9.17, 15) is 24.0 Å². The van der Waals surface area contributed by atoms with Crippen LogP contribution in [0.25, 0.3) is 0 Å². The van der Waals surface area contributed by atoms with Crippen LogP contribution in [0.15, 0.2) is 14.1 Å². The van der Waals surface area contributed by atoms with Crippen LogP contribution in [0.2, 0.25) is 0 Å². The summed E-state index contributed by atoms with van der Waals surface area (Å²) in [6, 6.07) is -1.10. The molecule has 0 aliphatic carbocycles. The molecule has 1 aromatic rings. The molecule has 0 saturated carbocycles. The van der Waals surface area contributed by atoms with Crippen LogP contribution in [0.4, 0.5) is 4.79 Å². The van der Waals surface area contributed by atoms with Crippen LogP contribution in [-0.4, -0.2) is 39.2 Å². The van der Waals surface area contributed by atoms with Gasteiger partial charge in [0.2, 0.25) is 0 Å². The molecule has 0 N–H and O–H groups in total. The van der Waals surface area contributed by atoms with Gasteiger partial charge in [-0.25, -0.2) is 14.4 Å². The predicted molar refractivity (Wildman–Crippen MR) is 49.6 cm³/mol. The molecular weight excluding hydrogens is 236 g/mol. The maximum absolute atomic E-state index is 11.5. The molecule has 17 heavy (non-hydrogen) atoms. The van der Waals surface area contributed by atoms with E-state index in [2.05, 4.69) is 4.52 Å². The molecule has 0 aromatic carbocycles. The van der Waals surface area contributed by atoms with E-state index < -0.39 is 29.3 Å². The SMILES string of the molecule is CN1C(=O)C(=O)N(n2c(=O)on(C)c2=O)C1=O. The van der Waals surface area contributed by atoms with E-state index in [0.29, 0.717) is 9.64 Å². The Kier molecular flexibility index (Phi) is 2.02. The maximum Gasteiger partial charge on any atom is 0.462 e. The van der Waals surface area contributed by atoms with Crippen molar-refractivity contribution < 1.29 is 18.9 Å². The van der Waals surface area contributed by atoms with Gasteiger partial charge in [-0.15, -0.1) is 9.69 Å². The van der Waals surface area contributed by atoms with Crippen molar-refractivity contribution in [1.82, 2.24) is 14.3 Å². The molecule has 1 saturated heterocycles. The zero-order chi connectivity index (χ0) is 12.9. The lowest BCUT2D eigenvalue weighted by molar-refractivity contribution is -0.139. The second kappa shape index (κ2) is 3.17. The Morgan fingerprint density at radius 1 is 0.941 bits per heavy atom. The fourth-order valence-electron chi connectivity index (χ4n) is 1.30. The van der Waals surface area contributed by atoms with Gasteiger partial charge >= 0.3 is 29.3 Å². The average molecular weight is 242 g/mol. The highest BCUT2D eigenvalue weighted by Gasteiger charge is 2.45. The fourth-order valence-corrected chi connectivity index (χ4v) is 1.30. The first kappa shape index (κ1) is 10.9. The van der Waals surface area contributed by atoms with Crippen LogP contribution >= 0.6 is 0 Å². The molecule has 2 heterocycles. The predicted octanol–water partition coefficient (Wildman–Crippen LogP) is -2.80. The molecule has 0 bridgehead atoms. The van der Waals surface area contributed by atoms with Gasteiger partial charge in [0.05, 0.1) is 7.05 Å². The number of likely N-dealkylation sites (N-methyl/N-ethyl adjacent to an activating group) is 1. The largest absolute Gasteiger partial charge is 0.462 e. The smallest absolute Gasteiger partial charge is 0.316 e. The van der Waals surface area contributed by atoms with Crippen LogP contribution in [0, 0.1) is 0 Å². The van der Waals surface area contributed by atoms with Gasteiger partial charge in [-0.3, -0.25) is 14.5 Å². The Morgan fingerprint density at radius 3 is 1.88 bits per heavy atom. The number of hydrogen-bond acceptors (Lipinski definition) is 6. The average Bonchev–Trinajstić information content (AvgIpc) is 2.61. The molecule has 0 radical (unpaired) electrons. The highest BCUT2D eigenvalue weighted by molar-refractivity contribution is 6.50. The summed E-state index contributed by atoms with van der Waals surface area (Å²) in [6.07, 6.45) is 0. The highest BCUT2D eigenvalue weighted by atomic mass is 16.5. The van der Waals surface area contributed by atoms with E-state index in [4.69, 9.17) is 0 Å². The van der Waals surface area contributed by atoms with Crippen molar-refractivity contribution in [2.75, 3.05) is 12.1 Å². The Labute approximate surface area is 92.2 Å². The van der Waals surface area contributed by atoms with E-state index in [1.807, 2.05) is 0 Å². The summed E-state index contributed by atoms with van der Waals surface area (Å²) in [5.41, 5.74) is -1.04. The number of rotatable bonds is 1. The molecule has 0 unspecified atom stereocenters. The molecule has 1 aliphatic rings. The normalized spacial score (nSPS) is 16.2. The number of amides is 4. The molecule has 10 nitrogen and oxygen atoms in total. The third-order valence-corrected chi connectivity index (χ3v) is 2.19. The molecule has 1 fully saturated rings. The second-order valence-corrected chi connectivity index (χ2v) is 3.21. The molecule has 90 valence electrons. The summed E-state index contributed by atoms with van der Waals surface area (Å²) in [6.45, 7) is 0. The number of aromatic nitrogens is 2. The van der Waals surface area contributed by atoms with Gasteiger partial charge in [-0.1, -0.05) is 0 Å². The number of aryl methyl sites for hydroxylation is 1. The Hall–Kier alpha value is -2.65. The minimum Gasteiger partial charge on any atom is -0.316 e. The Balaban J connectivity index is 2.67. The molecule has 1 aromatic heterocycles. The van der Waals surface area contributed by atoms with Crippen molar-refractivity contribution in [2.45, 2.75) is 0 Å². The molecule has 10 heteroatoms. The quantitative estimate of drug-likeness (QED) is 0.388. The van der Waals surface area contributed by atoms with Crippen molar-refractivity contribution in [2.24, 2.45) is 7.05 Å². The lowest BCUT2D eigenvalue weighted by atomic mass is 10.6. The third kappa shape index (κ3) is 1.23. The second-order valence-electron chi connectivity index (χ2n) is 3.21. The van der Waals surface area contributed by atoms with Gasteiger partial charge in [0.25, 0.3) is 0 Å². The lowest BCUT2D eigenvalue weighted by Gasteiger charge is -2.09. The maximum atomic E-state index is 11.5. The van der Waals surface area contributed by atoms with E-state index >= 15 is 0 Å². The zero-order valence-electron chi connectivity index (χ0n) is 8.74. The Morgan fingerprint density at radius 2 is 1.53 bits per heavy atom. The number of nitrogens with zero attached hydrogens (tertiary/aromatic N) is 4. The van der Waals surface area contributed by atoms with Gasteiger partial charge in [-0.2, -0.15) is 4.74 Å². The minimum absolute atomic E-state index is 0.135. The summed E-state index contributed by atoms with van der Waals surface area (Å²) >= 11 is 0. The minimum atomic E-state index is -1.29. The van der Waals surface area contributed by atoms with Crippen molar-refractivity contribution in [1.29, 1.82) is 0 Å². The molecular formula is C7H6N4O6. The monoisotopic (exact) mass is 242 g/mol. The topological polar surface area (TPSA) is 115 Å². The van der Waals surface area contributed by atoms with E-state index in [-0.39, 0.29) is 9.69 Å². The van der Waals surface area contributed by atoms with Gasteiger partial charge in [-0.05, 0) is 0 Å². The number of carbonyl (C=O) groups is 3. The number of urea groups is 1. The summed E-state index contributed by atoms with van der Waals surface area (Å²) in [5, 5.41) is 0.135. The molecule has 1 aliphatic heterocycles. The molecule has 0 atom stereocenters. The van der Waals surface area contributed by atoms with Crippen molar-refractivity contribution in [3.05, 3.63) is 21.0 Å². The van der Waals surface area contributed by atoms with Crippen molar-refractivity contribution >= 4 is 17.8 Å². The van der Waals surface area contributed by atoms with E-state index in [1.165, 1.54) is 0 Å². The van der Waals surface area contributed by atoms with Gasteiger partial charge < -0.3 is 4.52 Å². The number of hydrogen-bond donors (Lipinski definition) is 0. The third-order valence-electron chi connectivity index (χ3n) is 2.19. The van der Waals surface area contributed by atoms with Gasteiger partial charge in [0.15, 0.2) is 0 Å². The lowest BCUT2D eigenvalue weighted by Crippen LogP contribution is -2.51. The Bertz CT molecular complexity index is 648. The number of imide groups is 2. The fraction of sp³-hybridized carbons (Fsp3) is 0.286. The van der Waals surface area contributed by atoms with E-state index in [0.717, 1.165) is 14.1 Å². The highest BCUT2D eigenvalue weighted by Crippen LogP contribution is 2.05.